The maximum Gasteiger partial charge on any atom is 0.0541 e. The van der Waals surface area contributed by atoms with Gasteiger partial charge in [-0.1, -0.05) is 140 Å². The minimum absolute atomic E-state index is 1.16. The van der Waals surface area contributed by atoms with Crippen LogP contribution < -0.4 is 0 Å². The second kappa shape index (κ2) is 12.7. The second-order valence-electron chi connectivity index (χ2n) is 14.9. The van der Waals surface area contributed by atoms with E-state index < -0.39 is 0 Å². The van der Waals surface area contributed by atoms with E-state index in [2.05, 4.69) is 215 Å². The van der Waals surface area contributed by atoms with Gasteiger partial charge >= 0.3 is 0 Å². The van der Waals surface area contributed by atoms with Crippen molar-refractivity contribution >= 4 is 75.1 Å². The molecule has 0 unspecified atom stereocenters. The van der Waals surface area contributed by atoms with Crippen LogP contribution >= 0.6 is 11.3 Å². The lowest BCUT2D eigenvalue weighted by atomic mass is 9.97. The van der Waals surface area contributed by atoms with E-state index in [-0.39, 0.29) is 0 Å². The van der Waals surface area contributed by atoms with Crippen LogP contribution in [0.15, 0.2) is 206 Å². The summed E-state index contributed by atoms with van der Waals surface area (Å²) in [6.45, 7) is 0. The molecular weight excluding hydrogens is 709 g/mol. The van der Waals surface area contributed by atoms with Gasteiger partial charge in [-0.15, -0.1) is 11.3 Å². The molecule has 0 spiro atoms. The predicted molar refractivity (Wildman–Crippen MR) is 244 cm³/mol. The number of fused-ring (bicyclic) bond motifs is 9. The van der Waals surface area contributed by atoms with Crippen LogP contribution in [0.5, 0.6) is 0 Å². The molecule has 266 valence electrons. The number of benzene rings is 9. The van der Waals surface area contributed by atoms with Gasteiger partial charge < -0.3 is 9.13 Å². The summed E-state index contributed by atoms with van der Waals surface area (Å²) in [5.74, 6) is 0. The zero-order valence-electron chi connectivity index (χ0n) is 30.9. The Morgan fingerprint density at radius 1 is 0.298 bits per heavy atom. The van der Waals surface area contributed by atoms with Crippen molar-refractivity contribution in [3.63, 3.8) is 0 Å². The van der Waals surface area contributed by atoms with Crippen LogP contribution in [0.3, 0.4) is 0 Å². The number of para-hydroxylation sites is 3. The molecule has 0 saturated heterocycles. The third-order valence-electron chi connectivity index (χ3n) is 11.7. The minimum atomic E-state index is 1.16. The van der Waals surface area contributed by atoms with Gasteiger partial charge in [-0.25, -0.2) is 0 Å². The molecule has 12 aromatic rings. The van der Waals surface area contributed by atoms with E-state index in [1.807, 2.05) is 11.3 Å². The summed E-state index contributed by atoms with van der Waals surface area (Å²) in [4.78, 5) is 0. The van der Waals surface area contributed by atoms with Crippen molar-refractivity contribution in [2.75, 3.05) is 0 Å². The van der Waals surface area contributed by atoms with E-state index in [0.29, 0.717) is 0 Å². The number of rotatable bonds is 5. The van der Waals surface area contributed by atoms with Gasteiger partial charge in [0.15, 0.2) is 0 Å². The molecule has 0 radical (unpaired) electrons. The van der Waals surface area contributed by atoms with Gasteiger partial charge in [-0.05, 0) is 94.5 Å². The average Bonchev–Trinajstić information content (AvgIpc) is 3.94. The Hall–Kier alpha value is -7.20. The van der Waals surface area contributed by atoms with E-state index in [1.165, 1.54) is 103 Å². The van der Waals surface area contributed by atoms with E-state index in [9.17, 15) is 0 Å². The van der Waals surface area contributed by atoms with E-state index >= 15 is 0 Å². The van der Waals surface area contributed by atoms with Crippen LogP contribution in [0.2, 0.25) is 0 Å². The van der Waals surface area contributed by atoms with E-state index in [1.54, 1.807) is 0 Å². The number of aromatic nitrogens is 2. The maximum atomic E-state index is 2.47. The summed E-state index contributed by atoms with van der Waals surface area (Å²) >= 11 is 1.87. The van der Waals surface area contributed by atoms with Crippen LogP contribution in [-0.4, -0.2) is 9.13 Å². The molecule has 57 heavy (non-hydrogen) atoms. The maximum absolute atomic E-state index is 2.47. The van der Waals surface area contributed by atoms with Crippen LogP contribution in [0.25, 0.3) is 109 Å². The fourth-order valence-corrected chi connectivity index (χ4v) is 10.3. The number of nitrogens with zero attached hydrogens (tertiary/aromatic N) is 2. The number of thiophene rings is 1. The predicted octanol–water partition coefficient (Wildman–Crippen LogP) is 15.2. The lowest BCUT2D eigenvalue weighted by Gasteiger charge is -2.15. The van der Waals surface area contributed by atoms with Crippen molar-refractivity contribution in [3.05, 3.63) is 206 Å². The highest BCUT2D eigenvalue weighted by atomic mass is 32.1. The quantitative estimate of drug-likeness (QED) is 0.166. The van der Waals surface area contributed by atoms with Crippen LogP contribution in [0, 0.1) is 0 Å². The van der Waals surface area contributed by atoms with Gasteiger partial charge in [0.1, 0.15) is 0 Å². The van der Waals surface area contributed by atoms with Gasteiger partial charge in [0, 0.05) is 53.0 Å². The summed E-state index contributed by atoms with van der Waals surface area (Å²) in [6.07, 6.45) is 0. The lowest BCUT2D eigenvalue weighted by molar-refractivity contribution is 1.18. The van der Waals surface area contributed by atoms with Crippen molar-refractivity contribution in [2.45, 2.75) is 0 Å². The number of hydrogen-bond donors (Lipinski definition) is 0. The molecule has 0 fully saturated rings. The molecule has 2 nitrogen and oxygen atoms in total. The van der Waals surface area contributed by atoms with Crippen LogP contribution in [0.4, 0.5) is 0 Å². The minimum Gasteiger partial charge on any atom is -0.309 e. The number of hydrogen-bond acceptors (Lipinski definition) is 1. The van der Waals surface area contributed by atoms with Crippen molar-refractivity contribution in [2.24, 2.45) is 0 Å². The van der Waals surface area contributed by atoms with E-state index in [4.69, 9.17) is 0 Å². The Morgan fingerprint density at radius 3 is 1.60 bits per heavy atom. The Morgan fingerprint density at radius 2 is 0.825 bits per heavy atom. The Labute approximate surface area is 333 Å². The molecule has 0 aliphatic rings. The molecular formula is C54H34N2S. The zero-order valence-corrected chi connectivity index (χ0v) is 31.7. The van der Waals surface area contributed by atoms with Crippen molar-refractivity contribution in [1.29, 1.82) is 0 Å². The summed E-state index contributed by atoms with van der Waals surface area (Å²) in [5.41, 5.74) is 14.5. The summed E-state index contributed by atoms with van der Waals surface area (Å²) in [7, 11) is 0. The SMILES string of the molecule is c1ccc(-c2cccc(-n3c4ccccc4c4cc(-c5ccc6c(c5)c5ccccc5n6-c5ccccc5-c5cccc6sc7ccccc7c56)ccc43)c2)cc1. The van der Waals surface area contributed by atoms with Crippen molar-refractivity contribution in [3.8, 4) is 44.8 Å². The highest BCUT2D eigenvalue weighted by molar-refractivity contribution is 7.25. The molecule has 0 N–H and O–H groups in total. The second-order valence-corrected chi connectivity index (χ2v) is 16.0. The molecule has 12 rings (SSSR count). The molecule has 3 heterocycles. The summed E-state index contributed by atoms with van der Waals surface area (Å²) < 4.78 is 7.52. The smallest absolute Gasteiger partial charge is 0.0541 e. The Kier molecular flexibility index (Phi) is 7.13. The third-order valence-corrected chi connectivity index (χ3v) is 12.9. The van der Waals surface area contributed by atoms with Gasteiger partial charge in [0.2, 0.25) is 0 Å². The van der Waals surface area contributed by atoms with Crippen LogP contribution in [-0.2, 0) is 0 Å². The standard InChI is InChI=1S/C54H34N2S/c1-2-14-35(15-3-1)36-16-12-17-39(32-36)55-47-23-8-5-19-41(47)45-33-37(28-30-50(45)55)38-29-31-51-46(34-38)42-20-6-10-25-49(42)56(51)48-24-9-4-18-40(48)43-22-13-27-53-54(43)44-21-7-11-26-52(44)57-53/h1-34H. The summed E-state index contributed by atoms with van der Waals surface area (Å²) in [6, 6.07) is 75.6. The lowest BCUT2D eigenvalue weighted by Crippen LogP contribution is -1.97. The Bertz CT molecular complexity index is 3530. The fourth-order valence-electron chi connectivity index (χ4n) is 9.19. The molecule has 0 saturated carbocycles. The Balaban J connectivity index is 1.03. The average molecular weight is 743 g/mol. The van der Waals surface area contributed by atoms with E-state index in [0.717, 1.165) is 5.69 Å². The summed E-state index contributed by atoms with van der Waals surface area (Å²) in [5, 5.41) is 7.64. The molecule has 0 amide bonds. The van der Waals surface area contributed by atoms with Crippen LogP contribution in [0.1, 0.15) is 0 Å². The molecule has 3 aromatic heterocycles. The largest absolute Gasteiger partial charge is 0.309 e. The first kappa shape index (κ1) is 32.1. The topological polar surface area (TPSA) is 9.86 Å². The van der Waals surface area contributed by atoms with Gasteiger partial charge in [-0.3, -0.25) is 0 Å². The van der Waals surface area contributed by atoms with Crippen molar-refractivity contribution < 1.29 is 0 Å². The highest BCUT2D eigenvalue weighted by Crippen LogP contribution is 2.44. The monoisotopic (exact) mass is 742 g/mol. The van der Waals surface area contributed by atoms with Gasteiger partial charge in [-0.2, -0.15) is 0 Å². The first-order chi connectivity index (χ1) is 28.3. The normalized spacial score (nSPS) is 11.9. The molecule has 9 aromatic carbocycles. The third kappa shape index (κ3) is 4.96. The fraction of sp³-hybridized carbons (Fsp3) is 0. The molecule has 0 bridgehead atoms. The molecule has 0 atom stereocenters. The zero-order chi connectivity index (χ0) is 37.5. The molecule has 3 heteroatoms. The van der Waals surface area contributed by atoms with Gasteiger partial charge in [0.25, 0.3) is 0 Å². The van der Waals surface area contributed by atoms with Gasteiger partial charge in [0.05, 0.1) is 27.8 Å². The molecule has 0 aliphatic carbocycles. The first-order valence-electron chi connectivity index (χ1n) is 19.5. The highest BCUT2D eigenvalue weighted by Gasteiger charge is 2.19. The van der Waals surface area contributed by atoms with Crippen molar-refractivity contribution in [1.82, 2.24) is 9.13 Å². The first-order valence-corrected chi connectivity index (χ1v) is 20.3. The molecule has 0 aliphatic heterocycles.